The van der Waals surface area contributed by atoms with Crippen molar-refractivity contribution in [1.82, 2.24) is 9.97 Å². The van der Waals surface area contributed by atoms with Gasteiger partial charge in [-0.25, -0.2) is 9.97 Å². The summed E-state index contributed by atoms with van der Waals surface area (Å²) in [6.07, 6.45) is 0.507. The van der Waals surface area contributed by atoms with Gasteiger partial charge >= 0.3 is 0 Å². The van der Waals surface area contributed by atoms with Crippen molar-refractivity contribution in [2.75, 3.05) is 7.11 Å². The van der Waals surface area contributed by atoms with Gasteiger partial charge in [0.05, 0.1) is 12.8 Å². The van der Waals surface area contributed by atoms with Crippen LogP contribution in [0.15, 0.2) is 30.6 Å². The first kappa shape index (κ1) is 12.8. The number of nitrogens with zero attached hydrogens (tertiary/aromatic N) is 2. The lowest BCUT2D eigenvalue weighted by atomic mass is 10.0. The molecule has 0 aliphatic rings. The van der Waals surface area contributed by atoms with Crippen LogP contribution in [-0.2, 0) is 0 Å². The van der Waals surface area contributed by atoms with E-state index in [0.717, 1.165) is 5.56 Å². The molecule has 0 fully saturated rings. The molecule has 18 heavy (non-hydrogen) atoms. The van der Waals surface area contributed by atoms with E-state index in [1.807, 2.05) is 19.1 Å². The van der Waals surface area contributed by atoms with Gasteiger partial charge < -0.3 is 9.84 Å². The standard InChI is InChI=1S/C13H13ClN2O2/c1-8-3-4-9(5-10(8)14)13(17)11-6-12(18-2)16-7-15-11/h3-7,13,17H,1-2H3. The highest BCUT2D eigenvalue weighted by Gasteiger charge is 2.14. The molecule has 4 nitrogen and oxygen atoms in total. The second-order valence-corrected chi connectivity index (χ2v) is 4.30. The first-order chi connectivity index (χ1) is 8.61. The summed E-state index contributed by atoms with van der Waals surface area (Å²) in [5.41, 5.74) is 2.13. The Morgan fingerprint density at radius 1 is 1.28 bits per heavy atom. The Bertz CT molecular complexity index is 560. The van der Waals surface area contributed by atoms with E-state index >= 15 is 0 Å². The van der Waals surface area contributed by atoms with Crippen molar-refractivity contribution < 1.29 is 9.84 Å². The Hall–Kier alpha value is -1.65. The third-order valence-electron chi connectivity index (χ3n) is 2.66. The molecule has 0 radical (unpaired) electrons. The highest BCUT2D eigenvalue weighted by Crippen LogP contribution is 2.25. The van der Waals surface area contributed by atoms with Crippen molar-refractivity contribution >= 4 is 11.6 Å². The number of ether oxygens (including phenoxy) is 1. The van der Waals surface area contributed by atoms with Crippen LogP contribution in [0.2, 0.25) is 5.02 Å². The number of aliphatic hydroxyl groups is 1. The van der Waals surface area contributed by atoms with Gasteiger partial charge in [0, 0.05) is 11.1 Å². The maximum absolute atomic E-state index is 10.2. The van der Waals surface area contributed by atoms with Crippen LogP contribution in [-0.4, -0.2) is 22.2 Å². The number of hydrogen-bond acceptors (Lipinski definition) is 4. The second-order valence-electron chi connectivity index (χ2n) is 3.90. The largest absolute Gasteiger partial charge is 0.481 e. The molecule has 0 amide bonds. The fourth-order valence-electron chi connectivity index (χ4n) is 1.56. The lowest BCUT2D eigenvalue weighted by Crippen LogP contribution is -2.03. The van der Waals surface area contributed by atoms with E-state index in [9.17, 15) is 5.11 Å². The van der Waals surface area contributed by atoms with Gasteiger partial charge in [0.2, 0.25) is 5.88 Å². The van der Waals surface area contributed by atoms with Crippen LogP contribution < -0.4 is 4.74 Å². The molecule has 2 rings (SSSR count). The predicted octanol–water partition coefficient (Wildman–Crippen LogP) is 2.53. The number of methoxy groups -OCH3 is 1. The van der Waals surface area contributed by atoms with Gasteiger partial charge in [-0.1, -0.05) is 23.7 Å². The maximum Gasteiger partial charge on any atom is 0.216 e. The smallest absolute Gasteiger partial charge is 0.216 e. The van der Waals surface area contributed by atoms with Crippen LogP contribution in [0.3, 0.4) is 0 Å². The molecule has 0 aliphatic carbocycles. The first-order valence-electron chi connectivity index (χ1n) is 5.42. The van der Waals surface area contributed by atoms with E-state index < -0.39 is 6.10 Å². The van der Waals surface area contributed by atoms with Crippen LogP contribution in [0, 0.1) is 6.92 Å². The predicted molar refractivity (Wildman–Crippen MR) is 68.8 cm³/mol. The number of benzene rings is 1. The van der Waals surface area contributed by atoms with E-state index in [-0.39, 0.29) is 0 Å². The minimum Gasteiger partial charge on any atom is -0.481 e. The fourth-order valence-corrected chi connectivity index (χ4v) is 1.75. The summed E-state index contributed by atoms with van der Waals surface area (Å²) in [5, 5.41) is 10.8. The summed E-state index contributed by atoms with van der Waals surface area (Å²) < 4.78 is 5.00. The topological polar surface area (TPSA) is 55.2 Å². The summed E-state index contributed by atoms with van der Waals surface area (Å²) in [5.74, 6) is 0.414. The molecular weight excluding hydrogens is 252 g/mol. The molecule has 1 unspecified atom stereocenters. The number of rotatable bonds is 3. The highest BCUT2D eigenvalue weighted by atomic mass is 35.5. The molecule has 0 spiro atoms. The van der Waals surface area contributed by atoms with Gasteiger partial charge in [0.1, 0.15) is 12.4 Å². The normalized spacial score (nSPS) is 12.2. The minimum absolute atomic E-state index is 0.414. The molecule has 0 bridgehead atoms. The van der Waals surface area contributed by atoms with Crippen molar-refractivity contribution in [3.05, 3.63) is 52.4 Å². The highest BCUT2D eigenvalue weighted by molar-refractivity contribution is 6.31. The number of hydrogen-bond donors (Lipinski definition) is 1. The Morgan fingerprint density at radius 2 is 2.06 bits per heavy atom. The van der Waals surface area contributed by atoms with E-state index in [1.54, 1.807) is 12.1 Å². The third kappa shape index (κ3) is 2.60. The summed E-state index contributed by atoms with van der Waals surface area (Å²) in [6.45, 7) is 1.91. The van der Waals surface area contributed by atoms with Crippen LogP contribution >= 0.6 is 11.6 Å². The Balaban J connectivity index is 2.34. The number of aryl methyl sites for hydroxylation is 1. The van der Waals surface area contributed by atoms with Crippen LogP contribution in [0.25, 0.3) is 0 Å². The number of aliphatic hydroxyl groups excluding tert-OH is 1. The zero-order valence-electron chi connectivity index (χ0n) is 10.1. The Kier molecular flexibility index (Phi) is 3.79. The third-order valence-corrected chi connectivity index (χ3v) is 3.07. The maximum atomic E-state index is 10.2. The van der Waals surface area contributed by atoms with Crippen molar-refractivity contribution in [2.24, 2.45) is 0 Å². The Morgan fingerprint density at radius 3 is 2.72 bits per heavy atom. The molecular formula is C13H13ClN2O2. The van der Waals surface area contributed by atoms with Gasteiger partial charge in [0.15, 0.2) is 0 Å². The quantitative estimate of drug-likeness (QED) is 0.926. The van der Waals surface area contributed by atoms with Crippen LogP contribution in [0.1, 0.15) is 22.9 Å². The molecule has 1 aromatic carbocycles. The molecule has 0 aliphatic heterocycles. The van der Waals surface area contributed by atoms with Crippen molar-refractivity contribution in [3.8, 4) is 5.88 Å². The van der Waals surface area contributed by atoms with Gasteiger partial charge in [-0.15, -0.1) is 0 Å². The van der Waals surface area contributed by atoms with Crippen LogP contribution in [0.4, 0.5) is 0 Å². The van der Waals surface area contributed by atoms with Gasteiger partial charge in [-0.05, 0) is 24.1 Å². The van der Waals surface area contributed by atoms with E-state index in [0.29, 0.717) is 22.2 Å². The molecule has 1 heterocycles. The van der Waals surface area contributed by atoms with Gasteiger partial charge in [0.25, 0.3) is 0 Å². The van der Waals surface area contributed by atoms with Crippen molar-refractivity contribution in [3.63, 3.8) is 0 Å². The molecule has 94 valence electrons. The molecule has 1 N–H and O–H groups in total. The summed E-state index contributed by atoms with van der Waals surface area (Å²) >= 11 is 6.04. The number of aromatic nitrogens is 2. The molecule has 1 atom stereocenters. The monoisotopic (exact) mass is 264 g/mol. The fraction of sp³-hybridized carbons (Fsp3) is 0.231. The van der Waals surface area contributed by atoms with E-state index in [2.05, 4.69) is 9.97 Å². The average molecular weight is 265 g/mol. The van der Waals surface area contributed by atoms with Gasteiger partial charge in [-0.3, -0.25) is 0 Å². The average Bonchev–Trinajstić information content (AvgIpc) is 2.41. The molecule has 2 aromatic rings. The molecule has 0 saturated carbocycles. The minimum atomic E-state index is -0.847. The second kappa shape index (κ2) is 5.33. The zero-order chi connectivity index (χ0) is 13.1. The van der Waals surface area contributed by atoms with Gasteiger partial charge in [-0.2, -0.15) is 0 Å². The molecule has 1 aromatic heterocycles. The first-order valence-corrected chi connectivity index (χ1v) is 5.79. The Labute approximate surface area is 110 Å². The zero-order valence-corrected chi connectivity index (χ0v) is 10.8. The lowest BCUT2D eigenvalue weighted by Gasteiger charge is -2.12. The SMILES string of the molecule is COc1cc(C(O)c2ccc(C)c(Cl)c2)ncn1. The summed E-state index contributed by atoms with van der Waals surface area (Å²) in [7, 11) is 1.52. The van der Waals surface area contributed by atoms with Crippen LogP contribution in [0.5, 0.6) is 5.88 Å². The molecule has 5 heteroatoms. The van der Waals surface area contributed by atoms with E-state index in [1.165, 1.54) is 13.4 Å². The number of halogens is 1. The lowest BCUT2D eigenvalue weighted by molar-refractivity contribution is 0.214. The summed E-state index contributed by atoms with van der Waals surface area (Å²) in [6, 6.07) is 7.01. The molecule has 0 saturated heterocycles. The van der Waals surface area contributed by atoms with E-state index in [4.69, 9.17) is 16.3 Å². The van der Waals surface area contributed by atoms with Crippen molar-refractivity contribution in [1.29, 1.82) is 0 Å². The summed E-state index contributed by atoms with van der Waals surface area (Å²) in [4.78, 5) is 7.93. The van der Waals surface area contributed by atoms with Crippen molar-refractivity contribution in [2.45, 2.75) is 13.0 Å².